The van der Waals surface area contributed by atoms with Gasteiger partial charge in [0.2, 0.25) is 10.0 Å². The lowest BCUT2D eigenvalue weighted by Gasteiger charge is -2.24. The number of aliphatic hydroxyl groups is 1. The third kappa shape index (κ3) is 2.65. The summed E-state index contributed by atoms with van der Waals surface area (Å²) in [5.41, 5.74) is 0.718. The molecule has 1 atom stereocenters. The Labute approximate surface area is 130 Å². The number of hydrogen-bond acceptors (Lipinski definition) is 4. The second kappa shape index (κ2) is 5.46. The topological polar surface area (TPSA) is 70.5 Å². The molecule has 2 aromatic rings. The van der Waals surface area contributed by atoms with E-state index in [4.69, 9.17) is 0 Å². The molecular weight excluding hydrogens is 300 g/mol. The number of nitrogens with zero attached hydrogens (tertiary/aromatic N) is 2. The lowest BCUT2D eigenvalue weighted by Crippen LogP contribution is -2.34. The molecule has 116 valence electrons. The molecule has 1 aromatic carbocycles. The number of aromatic nitrogens is 1. The molecule has 0 spiro atoms. The number of sulfonamides is 1. The van der Waals surface area contributed by atoms with E-state index in [1.165, 1.54) is 22.8 Å². The first-order valence-corrected chi connectivity index (χ1v) is 8.56. The fourth-order valence-corrected chi connectivity index (χ4v) is 4.17. The van der Waals surface area contributed by atoms with Crippen molar-refractivity contribution >= 4 is 10.0 Å². The predicted octanol–water partition coefficient (Wildman–Crippen LogP) is 1.67. The fourth-order valence-electron chi connectivity index (χ4n) is 2.71. The highest BCUT2D eigenvalue weighted by molar-refractivity contribution is 7.89. The largest absolute Gasteiger partial charge is 0.384 e. The predicted molar refractivity (Wildman–Crippen MR) is 82.7 cm³/mol. The van der Waals surface area contributed by atoms with Crippen LogP contribution in [0.1, 0.15) is 17.5 Å². The van der Waals surface area contributed by atoms with Gasteiger partial charge < -0.3 is 5.11 Å². The Bertz CT molecular complexity index is 760. The molecule has 5 nitrogen and oxygen atoms in total. The van der Waals surface area contributed by atoms with Crippen LogP contribution in [-0.2, 0) is 15.6 Å². The molecule has 6 heteroatoms. The van der Waals surface area contributed by atoms with Gasteiger partial charge in [0.15, 0.2) is 0 Å². The summed E-state index contributed by atoms with van der Waals surface area (Å²) < 4.78 is 26.5. The van der Waals surface area contributed by atoms with Gasteiger partial charge in [-0.1, -0.05) is 29.8 Å². The molecule has 2 heterocycles. The van der Waals surface area contributed by atoms with Crippen LogP contribution in [0.25, 0.3) is 0 Å². The molecule has 0 radical (unpaired) electrons. The summed E-state index contributed by atoms with van der Waals surface area (Å²) in [5.74, 6) is 0. The third-order valence-electron chi connectivity index (χ3n) is 4.07. The van der Waals surface area contributed by atoms with Gasteiger partial charge in [0.1, 0.15) is 10.5 Å². The molecule has 1 N–H and O–H groups in total. The zero-order chi connectivity index (χ0) is 15.8. The van der Waals surface area contributed by atoms with E-state index >= 15 is 0 Å². The van der Waals surface area contributed by atoms with Crippen LogP contribution in [0.3, 0.4) is 0 Å². The molecule has 0 amide bonds. The Morgan fingerprint density at radius 3 is 2.59 bits per heavy atom. The maximum Gasteiger partial charge on any atom is 0.244 e. The van der Waals surface area contributed by atoms with Gasteiger partial charge in [-0.15, -0.1) is 0 Å². The monoisotopic (exact) mass is 318 g/mol. The van der Waals surface area contributed by atoms with Gasteiger partial charge in [-0.2, -0.15) is 4.31 Å². The highest BCUT2D eigenvalue weighted by Gasteiger charge is 2.42. The first-order chi connectivity index (χ1) is 10.4. The molecule has 1 aliphatic rings. The van der Waals surface area contributed by atoms with Crippen molar-refractivity contribution in [2.75, 3.05) is 13.1 Å². The van der Waals surface area contributed by atoms with E-state index < -0.39 is 15.6 Å². The van der Waals surface area contributed by atoms with Crippen LogP contribution < -0.4 is 0 Å². The van der Waals surface area contributed by atoms with Crippen molar-refractivity contribution in [1.29, 1.82) is 0 Å². The SMILES string of the molecule is Cc1ccc(C2(O)CCN(S(=O)(=O)c3cccnc3)C2)cc1. The smallest absolute Gasteiger partial charge is 0.244 e. The van der Waals surface area contributed by atoms with Gasteiger partial charge in [-0.3, -0.25) is 4.98 Å². The van der Waals surface area contributed by atoms with Gasteiger partial charge in [0, 0.05) is 25.5 Å². The molecule has 22 heavy (non-hydrogen) atoms. The molecule has 1 fully saturated rings. The Morgan fingerprint density at radius 1 is 1.23 bits per heavy atom. The van der Waals surface area contributed by atoms with Crippen LogP contribution in [-0.4, -0.2) is 35.9 Å². The van der Waals surface area contributed by atoms with E-state index in [9.17, 15) is 13.5 Å². The molecule has 3 rings (SSSR count). The second-order valence-electron chi connectivity index (χ2n) is 5.67. The second-order valence-corrected chi connectivity index (χ2v) is 7.61. The molecule has 1 saturated heterocycles. The summed E-state index contributed by atoms with van der Waals surface area (Å²) in [7, 11) is -3.62. The van der Waals surface area contributed by atoms with Crippen LogP contribution in [0.4, 0.5) is 0 Å². The number of benzene rings is 1. The van der Waals surface area contributed by atoms with Crippen molar-refractivity contribution in [2.45, 2.75) is 23.8 Å². The molecular formula is C16H18N2O3S. The number of hydrogen-bond donors (Lipinski definition) is 1. The minimum atomic E-state index is -3.62. The van der Waals surface area contributed by atoms with Crippen molar-refractivity contribution < 1.29 is 13.5 Å². The minimum absolute atomic E-state index is 0.0628. The van der Waals surface area contributed by atoms with Crippen molar-refractivity contribution in [3.63, 3.8) is 0 Å². The average molecular weight is 318 g/mol. The Kier molecular flexibility index (Phi) is 3.76. The summed E-state index contributed by atoms with van der Waals surface area (Å²) in [4.78, 5) is 4.01. The number of rotatable bonds is 3. The molecule has 0 bridgehead atoms. The molecule has 1 aromatic heterocycles. The first-order valence-electron chi connectivity index (χ1n) is 7.11. The first kappa shape index (κ1) is 15.1. The Balaban J connectivity index is 1.87. The van der Waals surface area contributed by atoms with Crippen LogP contribution in [0.5, 0.6) is 0 Å². The summed E-state index contributed by atoms with van der Waals surface area (Å²) in [6, 6.07) is 10.7. The number of β-amino-alcohol motifs (C(OH)–C–C–N with tert-alkyl or cyclic N) is 1. The quantitative estimate of drug-likeness (QED) is 0.934. The van der Waals surface area contributed by atoms with E-state index in [1.54, 1.807) is 6.07 Å². The van der Waals surface area contributed by atoms with Gasteiger partial charge in [-0.05, 0) is 31.0 Å². The van der Waals surface area contributed by atoms with Crippen LogP contribution >= 0.6 is 0 Å². The number of pyridine rings is 1. The minimum Gasteiger partial charge on any atom is -0.384 e. The summed E-state index contributed by atoms with van der Waals surface area (Å²) in [6.45, 7) is 2.33. The van der Waals surface area contributed by atoms with E-state index in [1.807, 2.05) is 31.2 Å². The van der Waals surface area contributed by atoms with E-state index in [0.717, 1.165) is 11.1 Å². The average Bonchev–Trinajstić information content (AvgIpc) is 2.93. The zero-order valence-corrected chi connectivity index (χ0v) is 13.1. The van der Waals surface area contributed by atoms with Crippen molar-refractivity contribution in [1.82, 2.24) is 9.29 Å². The maximum absolute atomic E-state index is 12.6. The lowest BCUT2D eigenvalue weighted by molar-refractivity contribution is 0.0531. The van der Waals surface area contributed by atoms with Crippen molar-refractivity contribution in [3.05, 3.63) is 59.9 Å². The highest BCUT2D eigenvalue weighted by Crippen LogP contribution is 2.34. The van der Waals surface area contributed by atoms with Gasteiger partial charge >= 0.3 is 0 Å². The van der Waals surface area contributed by atoms with Crippen LogP contribution in [0.2, 0.25) is 0 Å². The van der Waals surface area contributed by atoms with Crippen LogP contribution in [0.15, 0.2) is 53.7 Å². The van der Waals surface area contributed by atoms with Gasteiger partial charge in [0.05, 0.1) is 0 Å². The maximum atomic E-state index is 12.6. The normalized spacial score (nSPS) is 22.8. The van der Waals surface area contributed by atoms with Crippen LogP contribution in [0, 0.1) is 6.92 Å². The summed E-state index contributed by atoms with van der Waals surface area (Å²) in [6.07, 6.45) is 3.25. The molecule has 1 aliphatic heterocycles. The van der Waals surface area contributed by atoms with E-state index in [2.05, 4.69) is 4.98 Å². The van der Waals surface area contributed by atoms with Crippen molar-refractivity contribution in [3.8, 4) is 0 Å². The third-order valence-corrected chi connectivity index (χ3v) is 5.90. The lowest BCUT2D eigenvalue weighted by atomic mass is 9.92. The molecule has 1 unspecified atom stereocenters. The van der Waals surface area contributed by atoms with Gasteiger partial charge in [-0.25, -0.2) is 8.42 Å². The molecule has 0 aliphatic carbocycles. The Hall–Kier alpha value is -1.76. The van der Waals surface area contributed by atoms with E-state index in [0.29, 0.717) is 13.0 Å². The molecule has 0 saturated carbocycles. The fraction of sp³-hybridized carbons (Fsp3) is 0.312. The van der Waals surface area contributed by atoms with E-state index in [-0.39, 0.29) is 11.4 Å². The zero-order valence-electron chi connectivity index (χ0n) is 12.3. The van der Waals surface area contributed by atoms with Gasteiger partial charge in [0.25, 0.3) is 0 Å². The van der Waals surface area contributed by atoms with Crippen molar-refractivity contribution in [2.24, 2.45) is 0 Å². The standard InChI is InChI=1S/C16H18N2O3S/c1-13-4-6-14(7-5-13)16(19)8-10-18(12-16)22(20,21)15-3-2-9-17-11-15/h2-7,9,11,19H,8,10,12H2,1H3. The Morgan fingerprint density at radius 2 is 1.95 bits per heavy atom. The number of aryl methyl sites for hydroxylation is 1. The summed E-state index contributed by atoms with van der Waals surface area (Å²) in [5, 5.41) is 10.8. The summed E-state index contributed by atoms with van der Waals surface area (Å²) >= 11 is 0. The highest BCUT2D eigenvalue weighted by atomic mass is 32.2.